The lowest BCUT2D eigenvalue weighted by Crippen LogP contribution is -1.98. The zero-order chi connectivity index (χ0) is 14.5. The van der Waals surface area contributed by atoms with Crippen LogP contribution in [0.25, 0.3) is 0 Å². The van der Waals surface area contributed by atoms with Crippen LogP contribution >= 0.6 is 0 Å². The number of nitrogens with two attached hydrogens (primary N) is 1. The maximum absolute atomic E-state index is 5.85. The Balaban J connectivity index is 1.79. The molecule has 0 radical (unpaired) electrons. The molecule has 3 N–H and O–H groups in total. The molecule has 1 aromatic carbocycles. The van der Waals surface area contributed by atoms with Crippen molar-refractivity contribution in [3.05, 3.63) is 61.1 Å². The topological polar surface area (TPSA) is 86.0 Å². The van der Waals surface area contributed by atoms with E-state index in [2.05, 4.69) is 20.3 Å². The molecule has 0 spiro atoms. The van der Waals surface area contributed by atoms with Crippen LogP contribution in [0.15, 0.2) is 61.1 Å². The average molecular weight is 279 g/mol. The number of anilines is 3. The summed E-state index contributed by atoms with van der Waals surface area (Å²) in [7, 11) is 0. The smallest absolute Gasteiger partial charge is 0.321 e. The predicted octanol–water partition coefficient (Wildman–Crippen LogP) is 2.99. The van der Waals surface area contributed by atoms with Crippen molar-refractivity contribution in [2.24, 2.45) is 0 Å². The minimum absolute atomic E-state index is 0.298. The molecule has 0 unspecified atom stereocenters. The fourth-order valence-corrected chi connectivity index (χ4v) is 1.74. The first-order valence-corrected chi connectivity index (χ1v) is 6.34. The van der Waals surface area contributed by atoms with E-state index in [1.54, 1.807) is 36.8 Å². The Labute approximate surface area is 121 Å². The largest absolute Gasteiger partial charge is 0.424 e. The molecular weight excluding hydrogens is 266 g/mol. The highest BCUT2D eigenvalue weighted by molar-refractivity contribution is 5.68. The van der Waals surface area contributed by atoms with Crippen LogP contribution in [0.5, 0.6) is 11.8 Å². The van der Waals surface area contributed by atoms with Gasteiger partial charge in [-0.05, 0) is 30.3 Å². The predicted molar refractivity (Wildman–Crippen MR) is 80.5 cm³/mol. The summed E-state index contributed by atoms with van der Waals surface area (Å²) in [5.41, 5.74) is 7.25. The molecule has 0 fully saturated rings. The highest BCUT2D eigenvalue weighted by atomic mass is 16.5. The van der Waals surface area contributed by atoms with Gasteiger partial charge in [0.1, 0.15) is 5.75 Å². The Bertz CT molecular complexity index is 733. The van der Waals surface area contributed by atoms with Gasteiger partial charge >= 0.3 is 6.01 Å². The van der Waals surface area contributed by atoms with E-state index in [0.717, 1.165) is 5.69 Å². The van der Waals surface area contributed by atoms with E-state index < -0.39 is 0 Å². The SMILES string of the molecule is Nc1cccnc1Nc1cccc(Oc2ncccn2)c1. The summed E-state index contributed by atoms with van der Waals surface area (Å²) in [5, 5.41) is 3.14. The molecular formula is C15H13N5O. The van der Waals surface area contributed by atoms with Crippen molar-refractivity contribution in [1.29, 1.82) is 0 Å². The fraction of sp³-hybridized carbons (Fsp3) is 0. The molecule has 0 atom stereocenters. The summed E-state index contributed by atoms with van der Waals surface area (Å²) in [5.74, 6) is 1.23. The molecule has 3 rings (SSSR count). The Morgan fingerprint density at radius 3 is 2.52 bits per heavy atom. The minimum Gasteiger partial charge on any atom is -0.424 e. The normalized spacial score (nSPS) is 10.1. The quantitative estimate of drug-likeness (QED) is 0.763. The van der Waals surface area contributed by atoms with Gasteiger partial charge in [-0.2, -0.15) is 0 Å². The molecule has 6 nitrogen and oxygen atoms in total. The maximum Gasteiger partial charge on any atom is 0.321 e. The van der Waals surface area contributed by atoms with E-state index >= 15 is 0 Å². The fourth-order valence-electron chi connectivity index (χ4n) is 1.74. The molecule has 0 amide bonds. The average Bonchev–Trinajstić information content (AvgIpc) is 2.51. The molecule has 0 aliphatic carbocycles. The van der Waals surface area contributed by atoms with Crippen molar-refractivity contribution in [1.82, 2.24) is 15.0 Å². The summed E-state index contributed by atoms with van der Waals surface area (Å²) < 4.78 is 5.57. The number of aromatic nitrogens is 3. The van der Waals surface area contributed by atoms with Crippen molar-refractivity contribution in [2.45, 2.75) is 0 Å². The van der Waals surface area contributed by atoms with Crippen LogP contribution in [0.1, 0.15) is 0 Å². The lowest BCUT2D eigenvalue weighted by atomic mass is 10.3. The zero-order valence-electron chi connectivity index (χ0n) is 11.1. The maximum atomic E-state index is 5.85. The van der Waals surface area contributed by atoms with Crippen LogP contribution in [-0.4, -0.2) is 15.0 Å². The second kappa shape index (κ2) is 5.87. The Morgan fingerprint density at radius 1 is 0.905 bits per heavy atom. The highest BCUT2D eigenvalue weighted by Gasteiger charge is 2.03. The van der Waals surface area contributed by atoms with Gasteiger partial charge in [0, 0.05) is 30.3 Å². The van der Waals surface area contributed by atoms with Crippen molar-refractivity contribution < 1.29 is 4.74 Å². The first kappa shape index (κ1) is 12.9. The van der Waals surface area contributed by atoms with Gasteiger partial charge in [0.25, 0.3) is 0 Å². The number of hydrogen-bond donors (Lipinski definition) is 2. The van der Waals surface area contributed by atoms with E-state index in [0.29, 0.717) is 23.3 Å². The van der Waals surface area contributed by atoms with Gasteiger partial charge in [-0.3, -0.25) is 0 Å². The van der Waals surface area contributed by atoms with E-state index in [1.807, 2.05) is 24.3 Å². The number of ether oxygens (including phenoxy) is 1. The number of pyridine rings is 1. The summed E-state index contributed by atoms with van der Waals surface area (Å²) >= 11 is 0. The first-order chi connectivity index (χ1) is 10.3. The third-order valence-electron chi connectivity index (χ3n) is 2.69. The molecule has 0 aliphatic rings. The van der Waals surface area contributed by atoms with Gasteiger partial charge in [-0.1, -0.05) is 6.07 Å². The van der Waals surface area contributed by atoms with Crippen molar-refractivity contribution >= 4 is 17.2 Å². The third-order valence-corrected chi connectivity index (χ3v) is 2.69. The standard InChI is InChI=1S/C15H13N5O/c16-13-6-2-7-17-14(13)20-11-4-1-5-12(10-11)21-15-18-8-3-9-19-15/h1-10H,16H2,(H,17,20). The van der Waals surface area contributed by atoms with Gasteiger partial charge in [0.15, 0.2) is 5.82 Å². The summed E-state index contributed by atoms with van der Waals surface area (Å²) in [6, 6.07) is 13.0. The van der Waals surface area contributed by atoms with Crippen LogP contribution < -0.4 is 15.8 Å². The van der Waals surface area contributed by atoms with Crippen LogP contribution in [0.2, 0.25) is 0 Å². The summed E-state index contributed by atoms with van der Waals surface area (Å²) in [4.78, 5) is 12.2. The van der Waals surface area contributed by atoms with Crippen LogP contribution in [0.3, 0.4) is 0 Å². The lowest BCUT2D eigenvalue weighted by molar-refractivity contribution is 0.442. The summed E-state index contributed by atoms with van der Waals surface area (Å²) in [6.45, 7) is 0. The van der Waals surface area contributed by atoms with Crippen LogP contribution in [0.4, 0.5) is 17.2 Å². The van der Waals surface area contributed by atoms with Crippen molar-refractivity contribution in [3.8, 4) is 11.8 Å². The number of benzene rings is 1. The molecule has 6 heteroatoms. The monoisotopic (exact) mass is 279 g/mol. The molecule has 3 aromatic rings. The second-order valence-electron chi connectivity index (χ2n) is 4.23. The Kier molecular flexibility index (Phi) is 3.60. The third kappa shape index (κ3) is 3.24. The number of nitrogens with zero attached hydrogens (tertiary/aromatic N) is 3. The van der Waals surface area contributed by atoms with Crippen molar-refractivity contribution in [3.63, 3.8) is 0 Å². The van der Waals surface area contributed by atoms with E-state index in [1.165, 1.54) is 0 Å². The van der Waals surface area contributed by atoms with Crippen LogP contribution in [0, 0.1) is 0 Å². The molecule has 2 aromatic heterocycles. The van der Waals surface area contributed by atoms with Gasteiger partial charge in [0.2, 0.25) is 0 Å². The minimum atomic E-state index is 0.298. The molecule has 21 heavy (non-hydrogen) atoms. The van der Waals surface area contributed by atoms with E-state index in [4.69, 9.17) is 10.5 Å². The Hall–Kier alpha value is -3.15. The highest BCUT2D eigenvalue weighted by Crippen LogP contribution is 2.25. The molecule has 2 heterocycles. The Morgan fingerprint density at radius 2 is 1.71 bits per heavy atom. The van der Waals surface area contributed by atoms with Crippen LogP contribution in [-0.2, 0) is 0 Å². The van der Waals surface area contributed by atoms with Crippen molar-refractivity contribution in [2.75, 3.05) is 11.1 Å². The van der Waals surface area contributed by atoms with E-state index in [-0.39, 0.29) is 0 Å². The number of nitrogens with one attached hydrogen (secondary N) is 1. The van der Waals surface area contributed by atoms with Gasteiger partial charge in [-0.15, -0.1) is 0 Å². The number of hydrogen-bond acceptors (Lipinski definition) is 6. The van der Waals surface area contributed by atoms with E-state index in [9.17, 15) is 0 Å². The van der Waals surface area contributed by atoms with Gasteiger partial charge < -0.3 is 15.8 Å². The van der Waals surface area contributed by atoms with Gasteiger partial charge in [0.05, 0.1) is 5.69 Å². The number of rotatable bonds is 4. The molecule has 104 valence electrons. The summed E-state index contributed by atoms with van der Waals surface area (Å²) in [6.07, 6.45) is 4.93. The number of nitrogen functional groups attached to an aromatic ring is 1. The zero-order valence-corrected chi connectivity index (χ0v) is 11.1. The molecule has 0 saturated carbocycles. The first-order valence-electron chi connectivity index (χ1n) is 6.34. The second-order valence-corrected chi connectivity index (χ2v) is 4.23. The van der Waals surface area contributed by atoms with Gasteiger partial charge in [-0.25, -0.2) is 15.0 Å². The molecule has 0 aliphatic heterocycles. The molecule has 0 bridgehead atoms. The molecule has 0 saturated heterocycles. The lowest BCUT2D eigenvalue weighted by Gasteiger charge is -2.09.